The number of ether oxygens (including phenoxy) is 1. The van der Waals surface area contributed by atoms with Crippen LogP contribution in [0.1, 0.15) is 32.0 Å². The highest BCUT2D eigenvalue weighted by atomic mass is 35.5. The number of hydrogen-bond donors (Lipinski definition) is 0. The molecule has 0 atom stereocenters. The zero-order valence-electron chi connectivity index (χ0n) is 19.3. The second-order valence-electron chi connectivity index (χ2n) is 9.16. The lowest BCUT2D eigenvalue weighted by atomic mass is 10.0. The molecule has 170 valence electrons. The first kappa shape index (κ1) is 22.9. The van der Waals surface area contributed by atoms with Gasteiger partial charge in [0, 0.05) is 45.0 Å². The smallest absolute Gasteiger partial charge is 0.326 e. The minimum atomic E-state index is -0.562. The van der Waals surface area contributed by atoms with E-state index in [-0.39, 0.29) is 18.1 Å². The first-order valence-corrected chi connectivity index (χ1v) is 11.3. The number of halogens is 1. The molecule has 4 rings (SSSR count). The quantitative estimate of drug-likeness (QED) is 0.351. The van der Waals surface area contributed by atoms with Gasteiger partial charge in [0.05, 0.1) is 6.54 Å². The minimum Gasteiger partial charge on any atom is -0.459 e. The molecule has 2 aromatic heterocycles. The van der Waals surface area contributed by atoms with E-state index in [0.717, 1.165) is 33.3 Å². The lowest BCUT2D eigenvalue weighted by molar-refractivity contribution is -0.155. The summed E-state index contributed by atoms with van der Waals surface area (Å²) in [4.78, 5) is 25.2. The van der Waals surface area contributed by atoms with Crippen molar-refractivity contribution in [2.45, 2.75) is 46.4 Å². The molecule has 33 heavy (non-hydrogen) atoms. The molecular formula is C27H27ClN2O3. The van der Waals surface area contributed by atoms with Crippen LogP contribution in [0, 0.1) is 6.92 Å². The van der Waals surface area contributed by atoms with Crippen LogP contribution in [0.2, 0.25) is 5.02 Å². The molecule has 0 aliphatic heterocycles. The molecule has 0 unspecified atom stereocenters. The van der Waals surface area contributed by atoms with E-state index in [0.29, 0.717) is 11.6 Å². The van der Waals surface area contributed by atoms with E-state index in [1.54, 1.807) is 10.6 Å². The maximum absolute atomic E-state index is 12.6. The van der Waals surface area contributed by atoms with E-state index >= 15 is 0 Å². The fourth-order valence-electron chi connectivity index (χ4n) is 4.11. The van der Waals surface area contributed by atoms with Gasteiger partial charge >= 0.3 is 5.97 Å². The maximum atomic E-state index is 12.6. The number of aromatic nitrogens is 2. The Balaban J connectivity index is 1.82. The number of esters is 1. The predicted molar refractivity (Wildman–Crippen MR) is 133 cm³/mol. The van der Waals surface area contributed by atoms with Gasteiger partial charge in [-0.25, -0.2) is 0 Å². The fraction of sp³-hybridized carbons (Fsp3) is 0.259. The van der Waals surface area contributed by atoms with Crippen molar-refractivity contribution in [3.8, 4) is 11.1 Å². The van der Waals surface area contributed by atoms with E-state index in [1.165, 1.54) is 0 Å². The van der Waals surface area contributed by atoms with Crippen molar-refractivity contribution in [2.24, 2.45) is 0 Å². The van der Waals surface area contributed by atoms with Gasteiger partial charge in [-0.1, -0.05) is 41.9 Å². The number of rotatable bonds is 5. The molecule has 0 bridgehead atoms. The third-order valence-electron chi connectivity index (χ3n) is 5.46. The average molecular weight is 463 g/mol. The van der Waals surface area contributed by atoms with Crippen LogP contribution in [0.25, 0.3) is 22.0 Å². The predicted octanol–water partition coefficient (Wildman–Crippen LogP) is 5.82. The van der Waals surface area contributed by atoms with Crippen LogP contribution in [0.3, 0.4) is 0 Å². The molecule has 0 spiro atoms. The molecule has 2 aromatic carbocycles. The molecule has 0 fully saturated rings. The van der Waals surface area contributed by atoms with Gasteiger partial charge in [0.15, 0.2) is 0 Å². The molecule has 0 aliphatic carbocycles. The lowest BCUT2D eigenvalue weighted by Crippen LogP contribution is -2.26. The molecule has 5 nitrogen and oxygen atoms in total. The number of hydrogen-bond acceptors (Lipinski definition) is 3. The summed E-state index contributed by atoms with van der Waals surface area (Å²) >= 11 is 6.34. The number of carbonyl (C=O) groups is 1. The van der Waals surface area contributed by atoms with Crippen molar-refractivity contribution in [3.05, 3.63) is 93.5 Å². The lowest BCUT2D eigenvalue weighted by Gasteiger charge is -2.20. The highest BCUT2D eigenvalue weighted by Crippen LogP contribution is 2.36. The highest BCUT2D eigenvalue weighted by molar-refractivity contribution is 6.31. The van der Waals surface area contributed by atoms with Crippen LogP contribution < -0.4 is 5.56 Å². The van der Waals surface area contributed by atoms with Gasteiger partial charge in [0.25, 0.3) is 5.56 Å². The van der Waals surface area contributed by atoms with Gasteiger partial charge < -0.3 is 13.9 Å². The van der Waals surface area contributed by atoms with Crippen molar-refractivity contribution < 1.29 is 9.53 Å². The zero-order chi connectivity index (χ0) is 23.8. The van der Waals surface area contributed by atoms with Crippen LogP contribution >= 0.6 is 11.6 Å². The third kappa shape index (κ3) is 5.04. The Morgan fingerprint density at radius 2 is 1.76 bits per heavy atom. The van der Waals surface area contributed by atoms with E-state index in [1.807, 2.05) is 93.1 Å². The number of nitrogens with zero attached hydrogens (tertiary/aromatic N) is 2. The van der Waals surface area contributed by atoms with Crippen LogP contribution in [-0.2, 0) is 22.6 Å². The van der Waals surface area contributed by atoms with Crippen LogP contribution in [0.4, 0.5) is 0 Å². The first-order valence-electron chi connectivity index (χ1n) is 10.9. The molecule has 0 N–H and O–H groups in total. The molecule has 0 saturated heterocycles. The minimum absolute atomic E-state index is 0.0734. The number of pyridine rings is 1. The standard InChI is InChI=1S/C27H27ClN2O3/c1-18-26(20-10-13-24(31)29(16-20)15-19-8-6-5-7-9-19)22-14-21(28)11-12-23(22)30(18)17-25(32)33-27(2,3)4/h5-14,16H,15,17H2,1-4H3. The Hall–Kier alpha value is -3.31. The number of fused-ring (bicyclic) bond motifs is 1. The van der Waals surface area contributed by atoms with Gasteiger partial charge in [-0.2, -0.15) is 0 Å². The first-order chi connectivity index (χ1) is 15.6. The molecule has 0 amide bonds. The molecule has 0 aliphatic rings. The Morgan fingerprint density at radius 1 is 1.03 bits per heavy atom. The second kappa shape index (κ2) is 8.91. The van der Waals surface area contributed by atoms with Crippen molar-refractivity contribution in [1.29, 1.82) is 0 Å². The largest absolute Gasteiger partial charge is 0.459 e. The van der Waals surface area contributed by atoms with Crippen molar-refractivity contribution in [3.63, 3.8) is 0 Å². The summed E-state index contributed by atoms with van der Waals surface area (Å²) in [5, 5.41) is 1.53. The van der Waals surface area contributed by atoms with E-state index in [4.69, 9.17) is 16.3 Å². The Morgan fingerprint density at radius 3 is 2.45 bits per heavy atom. The normalized spacial score (nSPS) is 11.7. The molecule has 4 aromatic rings. The Labute approximate surface area is 198 Å². The van der Waals surface area contributed by atoms with Crippen LogP contribution in [0.15, 0.2) is 71.7 Å². The third-order valence-corrected chi connectivity index (χ3v) is 5.70. The van der Waals surface area contributed by atoms with Crippen molar-refractivity contribution >= 4 is 28.5 Å². The van der Waals surface area contributed by atoms with Gasteiger partial charge in [0.2, 0.25) is 0 Å². The second-order valence-corrected chi connectivity index (χ2v) is 9.60. The van der Waals surface area contributed by atoms with Gasteiger partial charge in [-0.3, -0.25) is 9.59 Å². The van der Waals surface area contributed by atoms with Crippen molar-refractivity contribution in [2.75, 3.05) is 0 Å². The average Bonchev–Trinajstić information content (AvgIpc) is 3.00. The van der Waals surface area contributed by atoms with Gasteiger partial charge in [-0.15, -0.1) is 0 Å². The molecule has 0 radical (unpaired) electrons. The summed E-state index contributed by atoms with van der Waals surface area (Å²) in [6.45, 7) is 8.10. The van der Waals surface area contributed by atoms with E-state index < -0.39 is 5.60 Å². The summed E-state index contributed by atoms with van der Waals surface area (Å²) in [6, 6.07) is 18.9. The molecule has 6 heteroatoms. The molecular weight excluding hydrogens is 436 g/mol. The number of benzene rings is 2. The Bertz CT molecular complexity index is 1380. The number of carbonyl (C=O) groups excluding carboxylic acids is 1. The van der Waals surface area contributed by atoms with Gasteiger partial charge in [-0.05, 0) is 57.5 Å². The van der Waals surface area contributed by atoms with Gasteiger partial charge in [0.1, 0.15) is 12.1 Å². The summed E-state index contributed by atoms with van der Waals surface area (Å²) < 4.78 is 9.20. The summed E-state index contributed by atoms with van der Waals surface area (Å²) in [5.74, 6) is -0.307. The Kier molecular flexibility index (Phi) is 6.17. The van der Waals surface area contributed by atoms with Crippen LogP contribution in [-0.4, -0.2) is 20.7 Å². The monoisotopic (exact) mass is 462 g/mol. The highest BCUT2D eigenvalue weighted by Gasteiger charge is 2.21. The SMILES string of the molecule is Cc1c(-c2ccc(=O)n(Cc3ccccc3)c2)c2cc(Cl)ccc2n1CC(=O)OC(C)(C)C. The zero-order valence-corrected chi connectivity index (χ0v) is 20.0. The molecule has 2 heterocycles. The maximum Gasteiger partial charge on any atom is 0.326 e. The summed E-state index contributed by atoms with van der Waals surface area (Å²) in [7, 11) is 0. The summed E-state index contributed by atoms with van der Waals surface area (Å²) in [6.07, 6.45) is 1.87. The van der Waals surface area contributed by atoms with Crippen LogP contribution in [0.5, 0.6) is 0 Å². The molecule has 0 saturated carbocycles. The van der Waals surface area contributed by atoms with Crippen molar-refractivity contribution in [1.82, 2.24) is 9.13 Å². The summed E-state index contributed by atoms with van der Waals surface area (Å²) in [5.41, 5.74) is 4.03. The van der Waals surface area contributed by atoms with E-state index in [9.17, 15) is 9.59 Å². The fourth-order valence-corrected chi connectivity index (χ4v) is 4.28. The topological polar surface area (TPSA) is 53.2 Å². The van der Waals surface area contributed by atoms with E-state index in [2.05, 4.69) is 0 Å².